The molecule has 2 rings (SSSR count). The van der Waals surface area contributed by atoms with Crippen LogP contribution in [0, 0.1) is 5.92 Å². The largest absolute Gasteiger partial charge is 0.313 e. The van der Waals surface area contributed by atoms with E-state index in [0.717, 1.165) is 18.9 Å². The highest BCUT2D eigenvalue weighted by Crippen LogP contribution is 2.28. The zero-order valence-corrected chi connectivity index (χ0v) is 11.6. The van der Waals surface area contributed by atoms with Crippen molar-refractivity contribution in [3.63, 3.8) is 0 Å². The normalized spacial score (nSPS) is 18.7. The van der Waals surface area contributed by atoms with E-state index in [2.05, 4.69) is 29.4 Å². The van der Waals surface area contributed by atoms with Crippen LogP contribution in [0.25, 0.3) is 0 Å². The van der Waals surface area contributed by atoms with Crippen LogP contribution in [-0.2, 0) is 6.42 Å². The van der Waals surface area contributed by atoms with Gasteiger partial charge in [-0.2, -0.15) is 0 Å². The second-order valence-electron chi connectivity index (χ2n) is 5.52. The molecule has 2 nitrogen and oxygen atoms in total. The van der Waals surface area contributed by atoms with Gasteiger partial charge in [0.15, 0.2) is 0 Å². The molecule has 1 unspecified atom stereocenters. The van der Waals surface area contributed by atoms with Crippen LogP contribution in [0.15, 0.2) is 24.5 Å². The standard InChI is InChI=1S/C16H26N2/c1-2-10-18-16(15-6-4-3-5-7-15)13-14-8-11-17-12-9-14/h8-9,11-12,15-16,18H,2-7,10,13H2,1H3. The predicted molar refractivity (Wildman–Crippen MR) is 76.6 cm³/mol. The first-order valence-electron chi connectivity index (χ1n) is 7.52. The van der Waals surface area contributed by atoms with E-state index < -0.39 is 0 Å². The lowest BCUT2D eigenvalue weighted by atomic mass is 9.81. The number of nitrogens with one attached hydrogen (secondary N) is 1. The predicted octanol–water partition coefficient (Wildman–Crippen LogP) is 3.57. The average Bonchev–Trinajstić information content (AvgIpc) is 2.45. The Morgan fingerprint density at radius 3 is 2.61 bits per heavy atom. The maximum absolute atomic E-state index is 4.11. The van der Waals surface area contributed by atoms with Crippen molar-refractivity contribution in [2.24, 2.45) is 5.92 Å². The first-order valence-corrected chi connectivity index (χ1v) is 7.52. The van der Waals surface area contributed by atoms with Gasteiger partial charge in [0.2, 0.25) is 0 Å². The minimum absolute atomic E-state index is 0.660. The Morgan fingerprint density at radius 1 is 1.22 bits per heavy atom. The zero-order valence-electron chi connectivity index (χ0n) is 11.6. The molecule has 100 valence electrons. The number of nitrogens with zero attached hydrogens (tertiary/aromatic N) is 1. The SMILES string of the molecule is CCCNC(Cc1ccncc1)C1CCCCC1. The van der Waals surface area contributed by atoms with Gasteiger partial charge in [-0.05, 0) is 55.8 Å². The molecule has 18 heavy (non-hydrogen) atoms. The van der Waals surface area contributed by atoms with Crippen molar-refractivity contribution in [1.29, 1.82) is 0 Å². The summed E-state index contributed by atoms with van der Waals surface area (Å²) in [4.78, 5) is 4.11. The van der Waals surface area contributed by atoms with Crippen LogP contribution in [0.4, 0.5) is 0 Å². The molecule has 0 radical (unpaired) electrons. The quantitative estimate of drug-likeness (QED) is 0.830. The van der Waals surface area contributed by atoms with Crippen molar-refractivity contribution in [2.75, 3.05) is 6.54 Å². The summed E-state index contributed by atoms with van der Waals surface area (Å²) in [6.07, 6.45) is 13.3. The van der Waals surface area contributed by atoms with Crippen LogP contribution >= 0.6 is 0 Å². The summed E-state index contributed by atoms with van der Waals surface area (Å²) in [5.74, 6) is 0.874. The van der Waals surface area contributed by atoms with Gasteiger partial charge >= 0.3 is 0 Å². The molecule has 1 aromatic heterocycles. The Bertz CT molecular complexity index is 317. The Balaban J connectivity index is 1.95. The van der Waals surface area contributed by atoms with Crippen molar-refractivity contribution in [3.05, 3.63) is 30.1 Å². The van der Waals surface area contributed by atoms with Crippen molar-refractivity contribution >= 4 is 0 Å². The van der Waals surface area contributed by atoms with Crippen LogP contribution in [0.2, 0.25) is 0 Å². The maximum atomic E-state index is 4.11. The summed E-state index contributed by atoms with van der Waals surface area (Å²) in [6.45, 7) is 3.39. The molecular formula is C16H26N2. The van der Waals surface area contributed by atoms with Crippen molar-refractivity contribution in [3.8, 4) is 0 Å². The smallest absolute Gasteiger partial charge is 0.0270 e. The molecule has 0 aromatic carbocycles. The minimum Gasteiger partial charge on any atom is -0.313 e. The van der Waals surface area contributed by atoms with Crippen LogP contribution in [0.5, 0.6) is 0 Å². The average molecular weight is 246 g/mol. The van der Waals surface area contributed by atoms with E-state index in [1.54, 1.807) is 0 Å². The Labute approximate surface area is 111 Å². The van der Waals surface area contributed by atoms with Crippen molar-refractivity contribution < 1.29 is 0 Å². The summed E-state index contributed by atoms with van der Waals surface area (Å²) in [6, 6.07) is 4.97. The third-order valence-electron chi connectivity index (χ3n) is 4.08. The van der Waals surface area contributed by atoms with E-state index in [1.165, 1.54) is 44.1 Å². The van der Waals surface area contributed by atoms with Crippen LogP contribution < -0.4 is 5.32 Å². The fraction of sp³-hybridized carbons (Fsp3) is 0.688. The molecular weight excluding hydrogens is 220 g/mol. The summed E-state index contributed by atoms with van der Waals surface area (Å²) < 4.78 is 0. The molecule has 1 fully saturated rings. The molecule has 0 bridgehead atoms. The summed E-state index contributed by atoms with van der Waals surface area (Å²) in [5, 5.41) is 3.77. The van der Waals surface area contributed by atoms with E-state index in [1.807, 2.05) is 12.4 Å². The fourth-order valence-electron chi connectivity index (χ4n) is 3.04. The molecule has 0 spiro atoms. The summed E-state index contributed by atoms with van der Waals surface area (Å²) in [7, 11) is 0. The highest BCUT2D eigenvalue weighted by atomic mass is 14.9. The molecule has 1 aliphatic rings. The zero-order chi connectivity index (χ0) is 12.6. The highest BCUT2D eigenvalue weighted by Gasteiger charge is 2.23. The molecule has 1 saturated carbocycles. The van der Waals surface area contributed by atoms with Crippen LogP contribution in [0.3, 0.4) is 0 Å². The molecule has 1 aromatic rings. The van der Waals surface area contributed by atoms with Gasteiger partial charge in [0.05, 0.1) is 0 Å². The first-order chi connectivity index (χ1) is 8.90. The van der Waals surface area contributed by atoms with Gasteiger partial charge in [0, 0.05) is 18.4 Å². The molecule has 1 aliphatic carbocycles. The lowest BCUT2D eigenvalue weighted by molar-refractivity contribution is 0.267. The van der Waals surface area contributed by atoms with Crippen LogP contribution in [-0.4, -0.2) is 17.6 Å². The second kappa shape index (κ2) is 7.52. The number of pyridine rings is 1. The molecule has 1 heterocycles. The summed E-state index contributed by atoms with van der Waals surface area (Å²) >= 11 is 0. The van der Waals surface area contributed by atoms with Gasteiger partial charge in [0.1, 0.15) is 0 Å². The number of rotatable bonds is 6. The second-order valence-corrected chi connectivity index (χ2v) is 5.52. The maximum Gasteiger partial charge on any atom is 0.0270 e. The topological polar surface area (TPSA) is 24.9 Å². The van der Waals surface area contributed by atoms with E-state index >= 15 is 0 Å². The van der Waals surface area contributed by atoms with E-state index in [4.69, 9.17) is 0 Å². The van der Waals surface area contributed by atoms with Gasteiger partial charge in [0.25, 0.3) is 0 Å². The van der Waals surface area contributed by atoms with E-state index in [0.29, 0.717) is 6.04 Å². The lowest BCUT2D eigenvalue weighted by Gasteiger charge is -2.31. The summed E-state index contributed by atoms with van der Waals surface area (Å²) in [5.41, 5.74) is 1.42. The van der Waals surface area contributed by atoms with E-state index in [-0.39, 0.29) is 0 Å². The Kier molecular flexibility index (Phi) is 5.66. The number of hydrogen-bond acceptors (Lipinski definition) is 2. The lowest BCUT2D eigenvalue weighted by Crippen LogP contribution is -2.39. The molecule has 1 atom stereocenters. The molecule has 0 aliphatic heterocycles. The minimum atomic E-state index is 0.660. The van der Waals surface area contributed by atoms with Gasteiger partial charge in [-0.25, -0.2) is 0 Å². The Hall–Kier alpha value is -0.890. The monoisotopic (exact) mass is 246 g/mol. The van der Waals surface area contributed by atoms with Gasteiger partial charge < -0.3 is 5.32 Å². The molecule has 0 amide bonds. The van der Waals surface area contributed by atoms with Crippen molar-refractivity contribution in [1.82, 2.24) is 10.3 Å². The van der Waals surface area contributed by atoms with E-state index in [9.17, 15) is 0 Å². The molecule has 2 heteroatoms. The van der Waals surface area contributed by atoms with Crippen molar-refractivity contribution in [2.45, 2.75) is 57.9 Å². The molecule has 0 saturated heterocycles. The fourth-order valence-corrected chi connectivity index (χ4v) is 3.04. The van der Waals surface area contributed by atoms with Crippen LogP contribution in [0.1, 0.15) is 51.0 Å². The first kappa shape index (κ1) is 13.5. The van der Waals surface area contributed by atoms with Gasteiger partial charge in [-0.3, -0.25) is 4.98 Å². The van der Waals surface area contributed by atoms with Gasteiger partial charge in [-0.15, -0.1) is 0 Å². The number of aromatic nitrogens is 1. The highest BCUT2D eigenvalue weighted by molar-refractivity contribution is 5.11. The Morgan fingerprint density at radius 2 is 1.94 bits per heavy atom. The van der Waals surface area contributed by atoms with Gasteiger partial charge in [-0.1, -0.05) is 26.2 Å². The number of hydrogen-bond donors (Lipinski definition) is 1. The third-order valence-corrected chi connectivity index (χ3v) is 4.08. The third kappa shape index (κ3) is 4.09. The molecule has 1 N–H and O–H groups in total.